The van der Waals surface area contributed by atoms with Crippen molar-refractivity contribution < 1.29 is 9.59 Å². The van der Waals surface area contributed by atoms with Gasteiger partial charge >= 0.3 is 0 Å². The number of nitrogens with zero attached hydrogens (tertiary/aromatic N) is 5. The molecule has 0 radical (unpaired) electrons. The summed E-state index contributed by atoms with van der Waals surface area (Å²) in [5, 5.41) is 0. The number of carbonyl (C=O) groups excluding carboxylic acids is 2. The molecule has 3 aliphatic rings. The summed E-state index contributed by atoms with van der Waals surface area (Å²) >= 11 is 0. The molecule has 0 atom stereocenters. The molecule has 1 aliphatic carbocycles. The van der Waals surface area contributed by atoms with Crippen LogP contribution in [0.15, 0.2) is 30.6 Å². The van der Waals surface area contributed by atoms with E-state index in [-0.39, 0.29) is 29.6 Å². The number of imide groups is 1. The van der Waals surface area contributed by atoms with Crippen molar-refractivity contribution in [2.75, 3.05) is 44.2 Å². The highest BCUT2D eigenvalue weighted by atomic mass is 35.5. The van der Waals surface area contributed by atoms with Gasteiger partial charge < -0.3 is 4.90 Å². The predicted octanol–water partition coefficient (Wildman–Crippen LogP) is 2.29. The van der Waals surface area contributed by atoms with Crippen molar-refractivity contribution in [3.8, 4) is 0 Å². The number of rotatable bonds is 5. The van der Waals surface area contributed by atoms with Gasteiger partial charge in [0, 0.05) is 64.5 Å². The van der Waals surface area contributed by atoms with E-state index in [0.29, 0.717) is 19.4 Å². The van der Waals surface area contributed by atoms with Crippen molar-refractivity contribution in [1.82, 2.24) is 19.8 Å². The normalized spacial score (nSPS) is 22.5. The maximum atomic E-state index is 12.5. The minimum atomic E-state index is -0.0173. The van der Waals surface area contributed by atoms with Crippen LogP contribution in [0.1, 0.15) is 38.5 Å². The Morgan fingerprint density at radius 3 is 2.10 bits per heavy atom. The van der Waals surface area contributed by atoms with Crippen molar-refractivity contribution in [1.29, 1.82) is 0 Å². The van der Waals surface area contributed by atoms with Gasteiger partial charge in [-0.15, -0.1) is 12.4 Å². The van der Waals surface area contributed by atoms with E-state index in [4.69, 9.17) is 0 Å². The summed E-state index contributed by atoms with van der Waals surface area (Å²) in [6.07, 6.45) is 13.1. The maximum absolute atomic E-state index is 12.5. The second-order valence-electron chi connectivity index (χ2n) is 8.27. The van der Waals surface area contributed by atoms with Gasteiger partial charge in [-0.05, 0) is 24.3 Å². The molecule has 4 rings (SSSR count). The van der Waals surface area contributed by atoms with Crippen LogP contribution in [0.25, 0.3) is 0 Å². The lowest BCUT2D eigenvalue weighted by atomic mass is 9.76. The zero-order valence-corrected chi connectivity index (χ0v) is 17.6. The molecule has 1 saturated carbocycles. The van der Waals surface area contributed by atoms with Crippen LogP contribution >= 0.6 is 12.4 Å². The molecule has 3 heterocycles. The van der Waals surface area contributed by atoms with Crippen molar-refractivity contribution in [3.05, 3.63) is 30.6 Å². The SMILES string of the molecule is Cl.O=C1CC2(CCCC2)CC(=O)N1CC=CCN1CCN(c2ncccn2)CC1. The molecule has 0 unspecified atom stereocenters. The van der Waals surface area contributed by atoms with Gasteiger partial charge in [-0.3, -0.25) is 19.4 Å². The number of likely N-dealkylation sites (tertiary alicyclic amines) is 1. The first-order valence-electron chi connectivity index (χ1n) is 10.4. The number of piperidine rings is 1. The molecule has 7 nitrogen and oxygen atoms in total. The number of piperazine rings is 1. The molecule has 2 aliphatic heterocycles. The van der Waals surface area contributed by atoms with Gasteiger partial charge in [-0.2, -0.15) is 0 Å². The lowest BCUT2D eigenvalue weighted by Gasteiger charge is -2.37. The van der Waals surface area contributed by atoms with Gasteiger partial charge in [0.05, 0.1) is 0 Å². The predicted molar refractivity (Wildman–Crippen MR) is 114 cm³/mol. The number of aromatic nitrogens is 2. The molecule has 0 N–H and O–H groups in total. The number of halogens is 1. The van der Waals surface area contributed by atoms with Crippen LogP contribution in [0.2, 0.25) is 0 Å². The van der Waals surface area contributed by atoms with Crippen LogP contribution in [0, 0.1) is 5.41 Å². The van der Waals surface area contributed by atoms with Gasteiger partial charge in [0.15, 0.2) is 0 Å². The molecule has 1 spiro atoms. The second-order valence-corrected chi connectivity index (χ2v) is 8.27. The number of anilines is 1. The highest BCUT2D eigenvalue weighted by molar-refractivity contribution is 5.98. The fourth-order valence-electron chi connectivity index (χ4n) is 4.70. The van der Waals surface area contributed by atoms with Crippen LogP contribution in [-0.4, -0.2) is 70.9 Å². The first-order chi connectivity index (χ1) is 13.7. The largest absolute Gasteiger partial charge is 0.338 e. The Hall–Kier alpha value is -1.99. The standard InChI is InChI=1S/C21H29N5O2.ClH/c27-18-16-21(6-1-2-7-21)17-19(28)26(18)11-4-3-10-24-12-14-25(15-13-24)20-22-8-5-9-23-20;/h3-5,8-9H,1-2,6-7,10-17H2;1H. The fraction of sp³-hybridized carbons (Fsp3) is 0.619. The van der Waals surface area contributed by atoms with Crippen molar-refractivity contribution in [2.45, 2.75) is 38.5 Å². The summed E-state index contributed by atoms with van der Waals surface area (Å²) in [5.74, 6) is 0.818. The topological polar surface area (TPSA) is 69.6 Å². The van der Waals surface area contributed by atoms with Gasteiger partial charge in [0.2, 0.25) is 17.8 Å². The minimum Gasteiger partial charge on any atom is -0.338 e. The fourth-order valence-corrected chi connectivity index (χ4v) is 4.70. The summed E-state index contributed by atoms with van der Waals surface area (Å²) in [5.41, 5.74) is -0.0173. The molecule has 1 aromatic heterocycles. The number of carbonyl (C=O) groups is 2. The molecule has 3 fully saturated rings. The van der Waals surface area contributed by atoms with E-state index in [2.05, 4.69) is 25.8 Å². The number of amides is 2. The van der Waals surface area contributed by atoms with Crippen LogP contribution in [0.4, 0.5) is 5.95 Å². The Balaban J connectivity index is 0.00000240. The Morgan fingerprint density at radius 2 is 1.48 bits per heavy atom. The lowest BCUT2D eigenvalue weighted by molar-refractivity contribution is -0.152. The number of hydrogen-bond acceptors (Lipinski definition) is 6. The van der Waals surface area contributed by atoms with Gasteiger partial charge in [-0.1, -0.05) is 25.0 Å². The highest BCUT2D eigenvalue weighted by Gasteiger charge is 2.44. The molecular formula is C21H30ClN5O2. The van der Waals surface area contributed by atoms with Gasteiger partial charge in [-0.25, -0.2) is 9.97 Å². The second kappa shape index (κ2) is 9.67. The summed E-state index contributed by atoms with van der Waals surface area (Å²) in [6, 6.07) is 1.83. The maximum Gasteiger partial charge on any atom is 0.230 e. The van der Waals surface area contributed by atoms with Crippen LogP contribution in [0.5, 0.6) is 0 Å². The monoisotopic (exact) mass is 419 g/mol. The summed E-state index contributed by atoms with van der Waals surface area (Å²) in [7, 11) is 0. The summed E-state index contributed by atoms with van der Waals surface area (Å²) < 4.78 is 0. The van der Waals surface area contributed by atoms with E-state index in [1.54, 1.807) is 12.4 Å². The van der Waals surface area contributed by atoms with Crippen LogP contribution < -0.4 is 4.90 Å². The zero-order valence-electron chi connectivity index (χ0n) is 16.8. The van der Waals surface area contributed by atoms with Crippen molar-refractivity contribution in [3.63, 3.8) is 0 Å². The molecule has 0 aromatic carbocycles. The molecule has 0 bridgehead atoms. The molecule has 8 heteroatoms. The van der Waals surface area contributed by atoms with Crippen LogP contribution in [-0.2, 0) is 9.59 Å². The van der Waals surface area contributed by atoms with E-state index in [9.17, 15) is 9.59 Å². The molecule has 29 heavy (non-hydrogen) atoms. The Kier molecular flexibility index (Phi) is 7.24. The van der Waals surface area contributed by atoms with E-state index in [1.807, 2.05) is 12.1 Å². The Labute approximate surface area is 178 Å². The lowest BCUT2D eigenvalue weighted by Crippen LogP contribution is -2.47. The Bertz CT molecular complexity index is 708. The Morgan fingerprint density at radius 1 is 0.897 bits per heavy atom. The number of hydrogen-bond donors (Lipinski definition) is 0. The van der Waals surface area contributed by atoms with E-state index in [0.717, 1.165) is 64.4 Å². The van der Waals surface area contributed by atoms with Gasteiger partial charge in [0.1, 0.15) is 0 Å². The molecule has 2 saturated heterocycles. The van der Waals surface area contributed by atoms with E-state index in [1.165, 1.54) is 4.90 Å². The average molecular weight is 420 g/mol. The third-order valence-corrected chi connectivity index (χ3v) is 6.34. The highest BCUT2D eigenvalue weighted by Crippen LogP contribution is 2.46. The molecule has 158 valence electrons. The quantitative estimate of drug-likeness (QED) is 0.538. The molecule has 1 aromatic rings. The average Bonchev–Trinajstić information content (AvgIpc) is 3.15. The van der Waals surface area contributed by atoms with Crippen LogP contribution in [0.3, 0.4) is 0 Å². The third kappa shape index (κ3) is 5.14. The van der Waals surface area contributed by atoms with E-state index >= 15 is 0 Å². The minimum absolute atomic E-state index is 0. The van der Waals surface area contributed by atoms with E-state index < -0.39 is 0 Å². The van der Waals surface area contributed by atoms with Gasteiger partial charge in [0.25, 0.3) is 0 Å². The molecular weight excluding hydrogens is 390 g/mol. The van der Waals surface area contributed by atoms with Crippen molar-refractivity contribution in [2.24, 2.45) is 5.41 Å². The third-order valence-electron chi connectivity index (χ3n) is 6.34. The smallest absolute Gasteiger partial charge is 0.230 e. The zero-order chi connectivity index (χ0) is 19.4. The van der Waals surface area contributed by atoms with Crippen molar-refractivity contribution >= 4 is 30.2 Å². The summed E-state index contributed by atoms with van der Waals surface area (Å²) in [6.45, 7) is 4.96. The first kappa shape index (κ1) is 21.7. The molecule has 2 amide bonds. The first-order valence-corrected chi connectivity index (χ1v) is 10.4. The summed E-state index contributed by atoms with van der Waals surface area (Å²) in [4.78, 5) is 39.6.